The smallest absolute Gasteiger partial charge is 0.242 e. The third-order valence-corrected chi connectivity index (χ3v) is 5.47. The summed E-state index contributed by atoms with van der Waals surface area (Å²) in [5, 5.41) is 2.91. The maximum atomic E-state index is 12.4. The van der Waals surface area contributed by atoms with Crippen LogP contribution in [-0.4, -0.2) is 45.5 Å². The molecule has 1 heterocycles. The zero-order chi connectivity index (χ0) is 17.3. The van der Waals surface area contributed by atoms with Crippen molar-refractivity contribution in [2.45, 2.75) is 33.2 Å². The molecule has 1 N–H and O–H groups in total. The van der Waals surface area contributed by atoms with Crippen LogP contribution in [0.15, 0.2) is 24.3 Å². The summed E-state index contributed by atoms with van der Waals surface area (Å²) in [6, 6.07) is 7.86. The lowest BCUT2D eigenvalue weighted by Gasteiger charge is -2.29. The van der Waals surface area contributed by atoms with Gasteiger partial charge in [0.1, 0.15) is 15.9 Å². The standard InChI is InChI=1S/C17H26N2O3S/c1-13(19-10-9-14-7-5-6-8-15(14)19)16(20)18-11-17(2,3)12-23(4,21)22/h5-8,13H,9-12H2,1-4H3,(H,18,20). The van der Waals surface area contributed by atoms with Crippen molar-refractivity contribution in [2.24, 2.45) is 5.41 Å². The second kappa shape index (κ2) is 6.51. The van der Waals surface area contributed by atoms with Crippen LogP contribution in [-0.2, 0) is 21.1 Å². The molecule has 2 rings (SSSR count). The summed E-state index contributed by atoms with van der Waals surface area (Å²) in [6.07, 6.45) is 2.17. The predicted molar refractivity (Wildman–Crippen MR) is 93.5 cm³/mol. The van der Waals surface area contributed by atoms with Gasteiger partial charge in [0.25, 0.3) is 0 Å². The number of hydrogen-bond donors (Lipinski definition) is 1. The average Bonchev–Trinajstić information content (AvgIpc) is 2.85. The zero-order valence-electron chi connectivity index (χ0n) is 14.3. The fourth-order valence-corrected chi connectivity index (χ4v) is 4.66. The van der Waals surface area contributed by atoms with Gasteiger partial charge in [-0.1, -0.05) is 32.0 Å². The lowest BCUT2D eigenvalue weighted by molar-refractivity contribution is -0.122. The average molecular weight is 338 g/mol. The Morgan fingerprint density at radius 1 is 1.35 bits per heavy atom. The molecule has 0 spiro atoms. The van der Waals surface area contributed by atoms with Gasteiger partial charge in [0.05, 0.1) is 5.75 Å². The number of rotatable bonds is 6. The summed E-state index contributed by atoms with van der Waals surface area (Å²) in [5.41, 5.74) is 1.90. The van der Waals surface area contributed by atoms with Gasteiger partial charge in [0, 0.05) is 25.0 Å². The Labute approximate surface area is 139 Å². The number of nitrogens with zero attached hydrogens (tertiary/aromatic N) is 1. The Hall–Kier alpha value is -1.56. The fraction of sp³-hybridized carbons (Fsp3) is 0.588. The summed E-state index contributed by atoms with van der Waals surface area (Å²) in [6.45, 7) is 6.77. The molecule has 0 aliphatic carbocycles. The van der Waals surface area contributed by atoms with E-state index in [0.717, 1.165) is 18.7 Å². The molecule has 0 fully saturated rings. The normalized spacial score (nSPS) is 16.1. The van der Waals surface area contributed by atoms with E-state index in [2.05, 4.69) is 16.3 Å². The van der Waals surface area contributed by atoms with Crippen LogP contribution < -0.4 is 10.2 Å². The topological polar surface area (TPSA) is 66.5 Å². The monoisotopic (exact) mass is 338 g/mol. The van der Waals surface area contributed by atoms with Gasteiger partial charge in [-0.25, -0.2) is 8.42 Å². The van der Waals surface area contributed by atoms with Crippen molar-refractivity contribution in [1.82, 2.24) is 5.32 Å². The Morgan fingerprint density at radius 3 is 2.65 bits per heavy atom. The van der Waals surface area contributed by atoms with E-state index in [1.165, 1.54) is 11.8 Å². The van der Waals surface area contributed by atoms with E-state index in [4.69, 9.17) is 0 Å². The second-order valence-corrected chi connectivity index (χ2v) is 9.34. The van der Waals surface area contributed by atoms with E-state index in [1.54, 1.807) is 0 Å². The molecule has 1 unspecified atom stereocenters. The van der Waals surface area contributed by atoms with Crippen LogP contribution in [0.5, 0.6) is 0 Å². The molecule has 0 aromatic heterocycles. The molecule has 5 nitrogen and oxygen atoms in total. The van der Waals surface area contributed by atoms with Gasteiger partial charge in [-0.3, -0.25) is 4.79 Å². The molecule has 1 aliphatic rings. The highest BCUT2D eigenvalue weighted by Crippen LogP contribution is 2.29. The van der Waals surface area contributed by atoms with E-state index < -0.39 is 15.3 Å². The van der Waals surface area contributed by atoms with Gasteiger partial charge in [-0.2, -0.15) is 0 Å². The van der Waals surface area contributed by atoms with Crippen LogP contribution in [0.3, 0.4) is 0 Å². The van der Waals surface area contributed by atoms with Crippen LogP contribution in [0.25, 0.3) is 0 Å². The number of nitrogens with one attached hydrogen (secondary N) is 1. The van der Waals surface area contributed by atoms with Crippen molar-refractivity contribution < 1.29 is 13.2 Å². The minimum absolute atomic E-state index is 0.0568. The van der Waals surface area contributed by atoms with Crippen molar-refractivity contribution >= 4 is 21.4 Å². The van der Waals surface area contributed by atoms with Crippen molar-refractivity contribution in [3.05, 3.63) is 29.8 Å². The second-order valence-electron chi connectivity index (χ2n) is 7.20. The van der Waals surface area contributed by atoms with Gasteiger partial charge < -0.3 is 10.2 Å². The number of amides is 1. The molecular weight excluding hydrogens is 312 g/mol. The number of fused-ring (bicyclic) bond motifs is 1. The molecule has 0 bridgehead atoms. The maximum absolute atomic E-state index is 12.4. The zero-order valence-corrected chi connectivity index (χ0v) is 15.1. The van der Waals surface area contributed by atoms with E-state index in [1.807, 2.05) is 39.0 Å². The Balaban J connectivity index is 1.97. The van der Waals surface area contributed by atoms with Gasteiger partial charge >= 0.3 is 0 Å². The highest BCUT2D eigenvalue weighted by molar-refractivity contribution is 7.90. The lowest BCUT2D eigenvalue weighted by atomic mass is 9.96. The molecule has 6 heteroatoms. The van der Waals surface area contributed by atoms with E-state index in [9.17, 15) is 13.2 Å². The largest absolute Gasteiger partial charge is 0.359 e. The van der Waals surface area contributed by atoms with Gasteiger partial charge in [-0.15, -0.1) is 0 Å². The first kappa shape index (κ1) is 17.8. The fourth-order valence-electron chi connectivity index (χ4n) is 3.14. The number of sulfone groups is 1. The number of anilines is 1. The highest BCUT2D eigenvalue weighted by atomic mass is 32.2. The minimum Gasteiger partial charge on any atom is -0.359 e. The van der Waals surface area contributed by atoms with Crippen LogP contribution in [0.4, 0.5) is 5.69 Å². The Kier molecular flexibility index (Phi) is 5.04. The lowest BCUT2D eigenvalue weighted by Crippen LogP contribution is -2.47. The SMILES string of the molecule is CC(C(=O)NCC(C)(C)CS(C)(=O)=O)N1CCc2ccccc21. The quantitative estimate of drug-likeness (QED) is 0.856. The third-order valence-electron chi connectivity index (χ3n) is 4.16. The van der Waals surface area contributed by atoms with Gasteiger partial charge in [0.2, 0.25) is 5.91 Å². The van der Waals surface area contributed by atoms with E-state index in [-0.39, 0.29) is 17.7 Å². The first-order chi connectivity index (χ1) is 10.6. The number of carbonyl (C=O) groups excluding carboxylic acids is 1. The molecule has 1 aromatic carbocycles. The summed E-state index contributed by atoms with van der Waals surface area (Å²) < 4.78 is 22.9. The van der Waals surface area contributed by atoms with Crippen molar-refractivity contribution in [3.8, 4) is 0 Å². The molecule has 0 radical (unpaired) electrons. The molecule has 1 amide bonds. The van der Waals surface area contributed by atoms with Crippen molar-refractivity contribution in [1.29, 1.82) is 0 Å². The third kappa shape index (κ3) is 4.70. The minimum atomic E-state index is -3.07. The highest BCUT2D eigenvalue weighted by Gasteiger charge is 2.29. The van der Waals surface area contributed by atoms with Gasteiger partial charge in [-0.05, 0) is 30.4 Å². The van der Waals surface area contributed by atoms with Crippen molar-refractivity contribution in [3.63, 3.8) is 0 Å². The summed E-state index contributed by atoms with van der Waals surface area (Å²) in [5.74, 6) is -0.00965. The van der Waals surface area contributed by atoms with Crippen molar-refractivity contribution in [2.75, 3.05) is 30.0 Å². The predicted octanol–water partition coefficient (Wildman–Crippen LogP) is 1.62. The molecule has 0 saturated carbocycles. The Morgan fingerprint density at radius 2 is 2.00 bits per heavy atom. The molecule has 1 aromatic rings. The molecule has 1 atom stereocenters. The number of benzene rings is 1. The van der Waals surface area contributed by atoms with Crippen LogP contribution in [0.2, 0.25) is 0 Å². The number of hydrogen-bond acceptors (Lipinski definition) is 4. The number of para-hydroxylation sites is 1. The molecule has 1 aliphatic heterocycles. The van der Waals surface area contributed by atoms with E-state index >= 15 is 0 Å². The molecular formula is C17H26N2O3S. The summed E-state index contributed by atoms with van der Waals surface area (Å²) >= 11 is 0. The van der Waals surface area contributed by atoms with Crippen LogP contribution >= 0.6 is 0 Å². The van der Waals surface area contributed by atoms with Crippen LogP contribution in [0.1, 0.15) is 26.3 Å². The summed E-state index contributed by atoms with van der Waals surface area (Å²) in [7, 11) is -3.07. The van der Waals surface area contributed by atoms with Gasteiger partial charge in [0.15, 0.2) is 0 Å². The summed E-state index contributed by atoms with van der Waals surface area (Å²) in [4.78, 5) is 14.6. The maximum Gasteiger partial charge on any atom is 0.242 e. The first-order valence-electron chi connectivity index (χ1n) is 7.89. The van der Waals surface area contributed by atoms with Crippen LogP contribution in [0, 0.1) is 5.41 Å². The molecule has 23 heavy (non-hydrogen) atoms. The molecule has 0 saturated heterocycles. The number of carbonyl (C=O) groups is 1. The Bertz CT molecular complexity index is 683. The molecule has 128 valence electrons. The first-order valence-corrected chi connectivity index (χ1v) is 9.95. The van der Waals surface area contributed by atoms with E-state index in [0.29, 0.717) is 6.54 Å².